The van der Waals surface area contributed by atoms with Crippen molar-refractivity contribution in [1.29, 1.82) is 0 Å². The highest BCUT2D eigenvalue weighted by molar-refractivity contribution is 9.10. The number of carbonyl (C=O) groups excluding carboxylic acids is 1. The summed E-state index contributed by atoms with van der Waals surface area (Å²) in [6.07, 6.45) is 1.82. The Kier molecular flexibility index (Phi) is 4.28. The van der Waals surface area contributed by atoms with Crippen LogP contribution in [0.2, 0.25) is 0 Å². The molecule has 1 N–H and O–H groups in total. The van der Waals surface area contributed by atoms with Crippen LogP contribution in [0, 0.1) is 20.8 Å². The molecule has 1 aromatic heterocycles. The number of anilines is 1. The summed E-state index contributed by atoms with van der Waals surface area (Å²) in [5, 5.41) is 7.32. The molecule has 0 fully saturated rings. The molecule has 2 rings (SSSR count). The highest BCUT2D eigenvalue weighted by Gasteiger charge is 2.18. The quantitative estimate of drug-likeness (QED) is 0.927. The lowest BCUT2D eigenvalue weighted by Crippen LogP contribution is -2.24. The molecule has 0 aliphatic carbocycles. The predicted molar refractivity (Wildman–Crippen MR) is 83.9 cm³/mol. The third-order valence-electron chi connectivity index (χ3n) is 3.36. The molecule has 2 aromatic rings. The van der Waals surface area contributed by atoms with Gasteiger partial charge in [-0.05, 0) is 54.8 Å². The summed E-state index contributed by atoms with van der Waals surface area (Å²) in [5.41, 5.74) is 3.87. The van der Waals surface area contributed by atoms with E-state index in [1.54, 1.807) is 4.68 Å². The fraction of sp³-hybridized carbons (Fsp3) is 0.333. The van der Waals surface area contributed by atoms with E-state index in [0.717, 1.165) is 27.0 Å². The van der Waals surface area contributed by atoms with E-state index in [4.69, 9.17) is 0 Å². The number of rotatable bonds is 3. The smallest absolute Gasteiger partial charge is 0.248 e. The number of nitrogens with one attached hydrogen (secondary N) is 1. The van der Waals surface area contributed by atoms with E-state index in [0.29, 0.717) is 0 Å². The Labute approximate surface area is 127 Å². The second kappa shape index (κ2) is 5.79. The normalized spacial score (nSPS) is 12.2. The highest BCUT2D eigenvalue weighted by atomic mass is 79.9. The Morgan fingerprint density at radius 2 is 1.90 bits per heavy atom. The number of nitrogens with zero attached hydrogens (tertiary/aromatic N) is 2. The first kappa shape index (κ1) is 14.8. The zero-order valence-corrected chi connectivity index (χ0v) is 13.7. The maximum absolute atomic E-state index is 12.4. The van der Waals surface area contributed by atoms with E-state index in [1.165, 1.54) is 0 Å². The zero-order chi connectivity index (χ0) is 14.9. The van der Waals surface area contributed by atoms with Crippen LogP contribution in [0.4, 0.5) is 5.69 Å². The average Bonchev–Trinajstić information content (AvgIpc) is 2.73. The topological polar surface area (TPSA) is 46.9 Å². The summed E-state index contributed by atoms with van der Waals surface area (Å²) in [6, 6.07) is 5.60. The van der Waals surface area contributed by atoms with E-state index in [2.05, 4.69) is 26.3 Å². The molecular weight excluding hydrogens is 318 g/mol. The summed E-state index contributed by atoms with van der Waals surface area (Å²) in [6.45, 7) is 7.71. The molecule has 0 bridgehead atoms. The van der Waals surface area contributed by atoms with Crippen molar-refractivity contribution in [3.63, 3.8) is 0 Å². The third kappa shape index (κ3) is 2.93. The number of carbonyl (C=O) groups is 1. The Morgan fingerprint density at radius 3 is 2.40 bits per heavy atom. The van der Waals surface area contributed by atoms with Gasteiger partial charge in [0, 0.05) is 11.9 Å². The van der Waals surface area contributed by atoms with Gasteiger partial charge in [-0.3, -0.25) is 9.48 Å². The van der Waals surface area contributed by atoms with E-state index < -0.39 is 0 Å². The fourth-order valence-electron chi connectivity index (χ4n) is 2.02. The lowest BCUT2D eigenvalue weighted by Gasteiger charge is -2.15. The van der Waals surface area contributed by atoms with Gasteiger partial charge in [0.15, 0.2) is 0 Å². The largest absolute Gasteiger partial charge is 0.324 e. The summed E-state index contributed by atoms with van der Waals surface area (Å²) < 4.78 is 2.58. The summed E-state index contributed by atoms with van der Waals surface area (Å²) >= 11 is 3.41. The highest BCUT2D eigenvalue weighted by Crippen LogP contribution is 2.22. The van der Waals surface area contributed by atoms with Crippen molar-refractivity contribution in [2.45, 2.75) is 33.7 Å². The Hall–Kier alpha value is -1.62. The van der Waals surface area contributed by atoms with Crippen molar-refractivity contribution in [2.75, 3.05) is 5.32 Å². The summed E-state index contributed by atoms with van der Waals surface area (Å²) in [7, 11) is 0. The minimum absolute atomic E-state index is 0.0719. The molecule has 0 spiro atoms. The molecule has 0 aliphatic heterocycles. The minimum Gasteiger partial charge on any atom is -0.324 e. The van der Waals surface area contributed by atoms with Crippen LogP contribution in [0.5, 0.6) is 0 Å². The van der Waals surface area contributed by atoms with Gasteiger partial charge >= 0.3 is 0 Å². The zero-order valence-electron chi connectivity index (χ0n) is 12.1. The SMILES string of the molecule is Cc1cccc(C)c1NC(=O)C(C)n1cc(Br)c(C)n1. The van der Waals surface area contributed by atoms with E-state index >= 15 is 0 Å². The maximum atomic E-state index is 12.4. The van der Waals surface area contributed by atoms with Crippen LogP contribution in [0.25, 0.3) is 0 Å². The Morgan fingerprint density at radius 1 is 1.30 bits per heavy atom. The molecular formula is C15H18BrN3O. The molecule has 0 aliphatic rings. The van der Waals surface area contributed by atoms with Gasteiger partial charge in [-0.2, -0.15) is 5.10 Å². The minimum atomic E-state index is -0.362. The first-order valence-electron chi connectivity index (χ1n) is 6.48. The molecule has 106 valence electrons. The molecule has 1 amide bonds. The van der Waals surface area contributed by atoms with Gasteiger partial charge in [0.1, 0.15) is 6.04 Å². The van der Waals surface area contributed by atoms with Gasteiger partial charge in [-0.1, -0.05) is 18.2 Å². The van der Waals surface area contributed by atoms with E-state index in [-0.39, 0.29) is 11.9 Å². The maximum Gasteiger partial charge on any atom is 0.248 e. The molecule has 20 heavy (non-hydrogen) atoms. The first-order valence-corrected chi connectivity index (χ1v) is 7.27. The predicted octanol–water partition coefficient (Wildman–Crippen LogP) is 3.77. The van der Waals surface area contributed by atoms with Crippen molar-refractivity contribution >= 4 is 27.5 Å². The third-order valence-corrected chi connectivity index (χ3v) is 4.14. The molecule has 4 nitrogen and oxygen atoms in total. The van der Waals surface area contributed by atoms with E-state index in [1.807, 2.05) is 52.1 Å². The van der Waals surface area contributed by atoms with E-state index in [9.17, 15) is 4.79 Å². The second-order valence-electron chi connectivity index (χ2n) is 4.97. The number of halogens is 1. The van der Waals surface area contributed by atoms with Crippen molar-refractivity contribution in [1.82, 2.24) is 9.78 Å². The van der Waals surface area contributed by atoms with Crippen molar-refractivity contribution < 1.29 is 4.79 Å². The van der Waals surface area contributed by atoms with Crippen LogP contribution >= 0.6 is 15.9 Å². The molecule has 1 heterocycles. The van der Waals surface area contributed by atoms with Gasteiger partial charge in [0.25, 0.3) is 0 Å². The Bertz CT molecular complexity index is 609. The van der Waals surface area contributed by atoms with Gasteiger partial charge in [-0.15, -0.1) is 0 Å². The average molecular weight is 336 g/mol. The monoisotopic (exact) mass is 335 g/mol. The number of aromatic nitrogens is 2. The van der Waals surface area contributed by atoms with Crippen LogP contribution in [-0.2, 0) is 4.79 Å². The number of benzene rings is 1. The number of para-hydroxylation sites is 1. The molecule has 1 atom stereocenters. The fourth-order valence-corrected chi connectivity index (χ4v) is 2.31. The van der Waals surface area contributed by atoms with Crippen LogP contribution in [-0.4, -0.2) is 15.7 Å². The lowest BCUT2D eigenvalue weighted by molar-refractivity contribution is -0.119. The van der Waals surface area contributed by atoms with Crippen LogP contribution < -0.4 is 5.32 Å². The Balaban J connectivity index is 2.20. The molecule has 0 saturated carbocycles. The van der Waals surface area contributed by atoms with Crippen LogP contribution in [0.15, 0.2) is 28.9 Å². The summed E-state index contributed by atoms with van der Waals surface area (Å²) in [4.78, 5) is 12.4. The molecule has 1 aromatic carbocycles. The van der Waals surface area contributed by atoms with Crippen molar-refractivity contribution in [2.24, 2.45) is 0 Å². The van der Waals surface area contributed by atoms with Gasteiger partial charge in [-0.25, -0.2) is 0 Å². The van der Waals surface area contributed by atoms with Gasteiger partial charge in [0.05, 0.1) is 10.2 Å². The van der Waals surface area contributed by atoms with Crippen LogP contribution in [0.3, 0.4) is 0 Å². The van der Waals surface area contributed by atoms with Gasteiger partial charge in [0.2, 0.25) is 5.91 Å². The first-order chi connectivity index (χ1) is 9.40. The molecule has 0 radical (unpaired) electrons. The lowest BCUT2D eigenvalue weighted by atomic mass is 10.1. The standard InChI is InChI=1S/C15H18BrN3O/c1-9-6-5-7-10(2)14(9)17-15(20)12(4)19-8-13(16)11(3)18-19/h5-8,12H,1-4H3,(H,17,20). The number of amides is 1. The van der Waals surface area contributed by atoms with Crippen molar-refractivity contribution in [3.05, 3.63) is 45.7 Å². The number of hydrogen-bond donors (Lipinski definition) is 1. The molecule has 0 saturated heterocycles. The second-order valence-corrected chi connectivity index (χ2v) is 5.83. The number of aryl methyl sites for hydroxylation is 3. The molecule has 5 heteroatoms. The van der Waals surface area contributed by atoms with Gasteiger partial charge < -0.3 is 5.32 Å². The van der Waals surface area contributed by atoms with Crippen LogP contribution in [0.1, 0.15) is 29.8 Å². The number of hydrogen-bond acceptors (Lipinski definition) is 2. The van der Waals surface area contributed by atoms with Crippen molar-refractivity contribution in [3.8, 4) is 0 Å². The summed E-state index contributed by atoms with van der Waals surface area (Å²) in [5.74, 6) is -0.0719. The molecule has 1 unspecified atom stereocenters.